The zero-order chi connectivity index (χ0) is 22.3. The van der Waals surface area contributed by atoms with Crippen LogP contribution >= 0.6 is 0 Å². The Hall–Kier alpha value is -4.06. The first kappa shape index (κ1) is 19.9. The monoisotopic (exact) mass is 424 g/mol. The highest BCUT2D eigenvalue weighted by molar-refractivity contribution is 6.46. The van der Waals surface area contributed by atoms with Crippen molar-refractivity contribution in [2.75, 3.05) is 11.6 Å². The molecule has 3 aromatic rings. The number of rotatable bonds is 4. The van der Waals surface area contributed by atoms with Crippen LogP contribution in [0.3, 0.4) is 0 Å². The maximum absolute atomic E-state index is 14.0. The van der Waals surface area contributed by atoms with Crippen molar-refractivity contribution in [2.45, 2.75) is 18.4 Å². The number of esters is 1. The van der Waals surface area contributed by atoms with Gasteiger partial charge in [0, 0.05) is 11.1 Å². The lowest BCUT2D eigenvalue weighted by atomic mass is 9.73. The van der Waals surface area contributed by atoms with E-state index in [1.807, 2.05) is 24.3 Å². The van der Waals surface area contributed by atoms with Crippen LogP contribution in [-0.2, 0) is 9.53 Å². The lowest BCUT2D eigenvalue weighted by Crippen LogP contribution is -2.57. The second-order valence-corrected chi connectivity index (χ2v) is 7.67. The van der Waals surface area contributed by atoms with Gasteiger partial charge in [-0.05, 0) is 24.6 Å². The summed E-state index contributed by atoms with van der Waals surface area (Å²) in [7, 11) is 0. The first-order valence-electron chi connectivity index (χ1n) is 10.4. The van der Waals surface area contributed by atoms with Gasteiger partial charge in [-0.1, -0.05) is 72.8 Å². The van der Waals surface area contributed by atoms with E-state index in [1.165, 1.54) is 5.01 Å². The largest absolute Gasteiger partial charge is 0.461 e. The van der Waals surface area contributed by atoms with E-state index in [1.54, 1.807) is 67.6 Å². The van der Waals surface area contributed by atoms with E-state index < -0.39 is 17.4 Å². The molecule has 1 atom stereocenters. The van der Waals surface area contributed by atoms with Crippen LogP contribution in [-0.4, -0.2) is 35.4 Å². The minimum Gasteiger partial charge on any atom is -0.461 e. The molecule has 0 amide bonds. The Morgan fingerprint density at radius 2 is 1.41 bits per heavy atom. The molecule has 1 aliphatic carbocycles. The van der Waals surface area contributed by atoms with Gasteiger partial charge in [-0.25, -0.2) is 9.80 Å². The average Bonchev–Trinajstić information content (AvgIpc) is 3.31. The zero-order valence-corrected chi connectivity index (χ0v) is 17.4. The van der Waals surface area contributed by atoms with Crippen LogP contribution in [0.1, 0.15) is 39.1 Å². The maximum Gasteiger partial charge on any atom is 0.355 e. The van der Waals surface area contributed by atoms with Crippen molar-refractivity contribution >= 4 is 28.9 Å². The first-order valence-corrected chi connectivity index (χ1v) is 10.4. The molecule has 1 spiro atoms. The Labute approximate surface area is 185 Å². The van der Waals surface area contributed by atoms with Crippen molar-refractivity contribution in [3.05, 3.63) is 102 Å². The number of hydrogen-bond donors (Lipinski definition) is 0. The second kappa shape index (κ2) is 7.57. The fourth-order valence-corrected chi connectivity index (χ4v) is 4.65. The van der Waals surface area contributed by atoms with Crippen LogP contribution in [0.5, 0.6) is 0 Å². The number of para-hydroxylation sites is 1. The molecule has 0 fully saturated rings. The van der Waals surface area contributed by atoms with Crippen LogP contribution in [0.4, 0.5) is 5.69 Å². The third kappa shape index (κ3) is 2.66. The molecule has 1 unspecified atom stereocenters. The van der Waals surface area contributed by atoms with Gasteiger partial charge in [-0.3, -0.25) is 9.59 Å². The maximum atomic E-state index is 14.0. The molecular formula is C26H20N2O4. The quantitative estimate of drug-likeness (QED) is 0.467. The van der Waals surface area contributed by atoms with E-state index in [9.17, 15) is 14.4 Å². The number of Topliss-reactive ketones (excluding diaryl/α,β-unsaturated/α-hetero) is 2. The molecule has 6 nitrogen and oxygen atoms in total. The highest BCUT2D eigenvalue weighted by Crippen LogP contribution is 2.50. The average molecular weight is 424 g/mol. The van der Waals surface area contributed by atoms with Crippen molar-refractivity contribution in [3.8, 4) is 0 Å². The molecule has 0 N–H and O–H groups in total. The van der Waals surface area contributed by atoms with E-state index in [0.29, 0.717) is 22.4 Å². The number of ether oxygens (including phenoxy) is 1. The third-order valence-corrected chi connectivity index (χ3v) is 5.96. The predicted octanol–water partition coefficient (Wildman–Crippen LogP) is 4.03. The van der Waals surface area contributed by atoms with Gasteiger partial charge >= 0.3 is 5.97 Å². The van der Waals surface area contributed by atoms with E-state index in [0.717, 1.165) is 0 Å². The van der Waals surface area contributed by atoms with Crippen molar-refractivity contribution in [1.82, 2.24) is 0 Å². The number of hydrazone groups is 1. The standard InChI is InChI=1S/C26H20N2O4/c1-2-32-25(31)22-21(17-11-5-3-6-12-17)26(28(27-22)18-13-7-4-8-14-18)23(29)19-15-9-10-16-20(19)24(26)30/h3-16,21H,2H2,1H3. The van der Waals surface area contributed by atoms with Gasteiger partial charge in [0.25, 0.3) is 0 Å². The Morgan fingerprint density at radius 3 is 1.97 bits per heavy atom. The molecule has 0 aromatic heterocycles. The smallest absolute Gasteiger partial charge is 0.355 e. The van der Waals surface area contributed by atoms with Crippen LogP contribution < -0.4 is 5.01 Å². The minimum absolute atomic E-state index is 0.0383. The van der Waals surface area contributed by atoms with E-state index >= 15 is 0 Å². The molecule has 158 valence electrons. The Balaban J connectivity index is 1.81. The number of anilines is 1. The summed E-state index contributed by atoms with van der Waals surface area (Å²) in [5, 5.41) is 6.01. The van der Waals surface area contributed by atoms with Crippen molar-refractivity contribution in [2.24, 2.45) is 5.10 Å². The normalized spacial score (nSPS) is 18.6. The fourth-order valence-electron chi connectivity index (χ4n) is 4.65. The molecule has 0 radical (unpaired) electrons. The third-order valence-electron chi connectivity index (χ3n) is 5.96. The van der Waals surface area contributed by atoms with Gasteiger partial charge in [0.2, 0.25) is 5.54 Å². The molecule has 0 bridgehead atoms. The molecule has 3 aromatic carbocycles. The molecule has 32 heavy (non-hydrogen) atoms. The van der Waals surface area contributed by atoms with Crippen LogP contribution in [0.25, 0.3) is 0 Å². The molecular weight excluding hydrogens is 404 g/mol. The van der Waals surface area contributed by atoms with Crippen LogP contribution in [0, 0.1) is 0 Å². The number of fused-ring (bicyclic) bond motifs is 1. The SMILES string of the molecule is CCOC(=O)C1=NN(c2ccccc2)C2(C(=O)c3ccccc3C2=O)C1c1ccccc1. The number of carbonyl (C=O) groups excluding carboxylic acids is 3. The number of nitrogens with zero attached hydrogens (tertiary/aromatic N) is 2. The number of carbonyl (C=O) groups is 3. The Morgan fingerprint density at radius 1 is 0.875 bits per heavy atom. The van der Waals surface area contributed by atoms with Gasteiger partial charge in [0.05, 0.1) is 18.2 Å². The molecule has 0 saturated carbocycles. The van der Waals surface area contributed by atoms with E-state index in [-0.39, 0.29) is 23.9 Å². The molecule has 2 aliphatic rings. The predicted molar refractivity (Wildman–Crippen MR) is 120 cm³/mol. The molecule has 1 heterocycles. The van der Waals surface area contributed by atoms with Gasteiger partial charge in [0.1, 0.15) is 0 Å². The summed E-state index contributed by atoms with van der Waals surface area (Å²) in [6.45, 7) is 1.86. The summed E-state index contributed by atoms with van der Waals surface area (Å²) in [5.74, 6) is -2.32. The molecule has 5 rings (SSSR count). The summed E-state index contributed by atoms with van der Waals surface area (Å²) >= 11 is 0. The van der Waals surface area contributed by atoms with E-state index in [2.05, 4.69) is 5.10 Å². The van der Waals surface area contributed by atoms with E-state index in [4.69, 9.17) is 4.74 Å². The number of ketones is 2. The minimum atomic E-state index is -1.74. The lowest BCUT2D eigenvalue weighted by molar-refractivity contribution is -0.135. The summed E-state index contributed by atoms with van der Waals surface area (Å²) in [4.78, 5) is 41.1. The Bertz CT molecular complexity index is 1220. The number of benzene rings is 3. The molecule has 1 aliphatic heterocycles. The molecule has 0 saturated heterocycles. The summed E-state index contributed by atoms with van der Waals surface area (Å²) in [5.41, 5.74) is 0.152. The van der Waals surface area contributed by atoms with Crippen molar-refractivity contribution < 1.29 is 19.1 Å². The first-order chi connectivity index (χ1) is 15.6. The van der Waals surface area contributed by atoms with Gasteiger partial charge < -0.3 is 4.74 Å². The highest BCUT2D eigenvalue weighted by atomic mass is 16.5. The van der Waals surface area contributed by atoms with Gasteiger partial charge in [-0.2, -0.15) is 5.10 Å². The fraction of sp³-hybridized carbons (Fsp3) is 0.154. The van der Waals surface area contributed by atoms with Crippen LogP contribution in [0.15, 0.2) is 90.0 Å². The Kier molecular flexibility index (Phi) is 4.70. The summed E-state index contributed by atoms with van der Waals surface area (Å²) in [6, 6.07) is 24.8. The van der Waals surface area contributed by atoms with Gasteiger partial charge in [0.15, 0.2) is 17.3 Å². The van der Waals surface area contributed by atoms with Crippen molar-refractivity contribution in [1.29, 1.82) is 0 Å². The second-order valence-electron chi connectivity index (χ2n) is 7.67. The van der Waals surface area contributed by atoms with Crippen LogP contribution in [0.2, 0.25) is 0 Å². The van der Waals surface area contributed by atoms with Crippen molar-refractivity contribution in [3.63, 3.8) is 0 Å². The molecule has 6 heteroatoms. The lowest BCUT2D eigenvalue weighted by Gasteiger charge is -2.35. The number of hydrogen-bond acceptors (Lipinski definition) is 6. The van der Waals surface area contributed by atoms with Gasteiger partial charge in [-0.15, -0.1) is 0 Å². The zero-order valence-electron chi connectivity index (χ0n) is 17.4. The summed E-state index contributed by atoms with van der Waals surface area (Å²) < 4.78 is 5.29. The highest BCUT2D eigenvalue weighted by Gasteiger charge is 2.67. The summed E-state index contributed by atoms with van der Waals surface area (Å²) in [6.07, 6.45) is 0. The topological polar surface area (TPSA) is 76.0 Å².